The van der Waals surface area contributed by atoms with Gasteiger partial charge in [0.05, 0.1) is 29.2 Å². The van der Waals surface area contributed by atoms with Crippen LogP contribution in [0.3, 0.4) is 0 Å². The molecule has 1 aromatic heterocycles. The Morgan fingerprint density at radius 2 is 2.22 bits per heavy atom. The van der Waals surface area contributed by atoms with Gasteiger partial charge in [0.15, 0.2) is 0 Å². The summed E-state index contributed by atoms with van der Waals surface area (Å²) in [4.78, 5) is 0. The van der Waals surface area contributed by atoms with Gasteiger partial charge < -0.3 is 5.32 Å². The second kappa shape index (κ2) is 5.23. The summed E-state index contributed by atoms with van der Waals surface area (Å²) in [6, 6.07) is 9.75. The van der Waals surface area contributed by atoms with Crippen LogP contribution in [0.4, 0.5) is 5.69 Å². The number of aryl methyl sites for hydroxylation is 2. The number of anilines is 1. The van der Waals surface area contributed by atoms with E-state index < -0.39 is 0 Å². The lowest BCUT2D eigenvalue weighted by Crippen LogP contribution is -2.06. The van der Waals surface area contributed by atoms with Gasteiger partial charge in [-0.2, -0.15) is 10.4 Å². The molecule has 0 atom stereocenters. The number of aromatic nitrogens is 2. The summed E-state index contributed by atoms with van der Waals surface area (Å²) in [5, 5.41) is 16.6. The summed E-state index contributed by atoms with van der Waals surface area (Å²) in [5.41, 5.74) is 3.53. The molecule has 0 bridgehead atoms. The van der Waals surface area contributed by atoms with Crippen molar-refractivity contribution >= 4 is 21.6 Å². The molecule has 1 heterocycles. The molecule has 92 valence electrons. The molecule has 18 heavy (non-hydrogen) atoms. The average molecular weight is 305 g/mol. The first-order chi connectivity index (χ1) is 8.60. The minimum absolute atomic E-state index is 0.636. The van der Waals surface area contributed by atoms with Crippen molar-refractivity contribution in [3.8, 4) is 6.07 Å². The lowest BCUT2D eigenvalue weighted by Gasteiger charge is -2.08. The highest BCUT2D eigenvalue weighted by Crippen LogP contribution is 2.21. The normalized spacial score (nSPS) is 10.1. The van der Waals surface area contributed by atoms with Crippen LogP contribution in [0.2, 0.25) is 0 Å². The van der Waals surface area contributed by atoms with Crippen LogP contribution in [-0.4, -0.2) is 9.78 Å². The van der Waals surface area contributed by atoms with E-state index in [0.29, 0.717) is 12.1 Å². The molecule has 1 aromatic carbocycles. The summed E-state index contributed by atoms with van der Waals surface area (Å²) < 4.78 is 2.79. The van der Waals surface area contributed by atoms with Crippen LogP contribution in [0.25, 0.3) is 0 Å². The van der Waals surface area contributed by atoms with E-state index in [-0.39, 0.29) is 0 Å². The van der Waals surface area contributed by atoms with Crippen molar-refractivity contribution in [2.24, 2.45) is 7.05 Å². The first kappa shape index (κ1) is 12.7. The molecular weight excluding hydrogens is 292 g/mol. The SMILES string of the molecule is Cc1cc(CNc2cc(Br)ccc2C#N)n(C)n1. The molecule has 0 aliphatic heterocycles. The number of nitriles is 1. The Morgan fingerprint density at radius 3 is 2.83 bits per heavy atom. The van der Waals surface area contributed by atoms with Gasteiger partial charge in [0.2, 0.25) is 0 Å². The van der Waals surface area contributed by atoms with Gasteiger partial charge in [-0.25, -0.2) is 0 Å². The lowest BCUT2D eigenvalue weighted by molar-refractivity contribution is 0.713. The molecule has 4 nitrogen and oxygen atoms in total. The van der Waals surface area contributed by atoms with Crippen LogP contribution in [-0.2, 0) is 13.6 Å². The predicted molar refractivity (Wildman–Crippen MR) is 74.1 cm³/mol. The molecule has 0 fully saturated rings. The van der Waals surface area contributed by atoms with Crippen LogP contribution in [0.1, 0.15) is 17.0 Å². The van der Waals surface area contributed by atoms with Gasteiger partial charge in [0.1, 0.15) is 6.07 Å². The van der Waals surface area contributed by atoms with Gasteiger partial charge in [0.25, 0.3) is 0 Å². The molecule has 1 N–H and O–H groups in total. The second-order valence-corrected chi connectivity index (χ2v) is 4.97. The van der Waals surface area contributed by atoms with Gasteiger partial charge in [0, 0.05) is 11.5 Å². The zero-order valence-electron chi connectivity index (χ0n) is 10.2. The van der Waals surface area contributed by atoms with Crippen LogP contribution in [0.5, 0.6) is 0 Å². The molecule has 0 saturated heterocycles. The predicted octanol–water partition coefficient (Wildman–Crippen LogP) is 2.97. The van der Waals surface area contributed by atoms with E-state index in [2.05, 4.69) is 32.4 Å². The van der Waals surface area contributed by atoms with Crippen molar-refractivity contribution in [3.63, 3.8) is 0 Å². The molecular formula is C13H13BrN4. The maximum atomic E-state index is 9.04. The monoisotopic (exact) mass is 304 g/mol. The largest absolute Gasteiger partial charge is 0.378 e. The number of halogens is 1. The molecule has 2 rings (SSSR count). The van der Waals surface area contributed by atoms with Crippen LogP contribution >= 0.6 is 15.9 Å². The third kappa shape index (κ3) is 2.71. The number of benzene rings is 1. The van der Waals surface area contributed by atoms with E-state index in [4.69, 9.17) is 5.26 Å². The van der Waals surface area contributed by atoms with E-state index in [1.54, 1.807) is 6.07 Å². The summed E-state index contributed by atoms with van der Waals surface area (Å²) in [5.74, 6) is 0. The average Bonchev–Trinajstić information content (AvgIpc) is 2.65. The summed E-state index contributed by atoms with van der Waals surface area (Å²) >= 11 is 3.40. The Morgan fingerprint density at radius 1 is 1.44 bits per heavy atom. The van der Waals surface area contributed by atoms with E-state index in [0.717, 1.165) is 21.5 Å². The second-order valence-electron chi connectivity index (χ2n) is 4.06. The van der Waals surface area contributed by atoms with E-state index >= 15 is 0 Å². The lowest BCUT2D eigenvalue weighted by atomic mass is 10.2. The highest BCUT2D eigenvalue weighted by molar-refractivity contribution is 9.10. The molecule has 0 spiro atoms. The fraction of sp³-hybridized carbons (Fsp3) is 0.231. The number of hydrogen-bond acceptors (Lipinski definition) is 3. The molecule has 0 amide bonds. The number of hydrogen-bond donors (Lipinski definition) is 1. The van der Waals surface area contributed by atoms with Gasteiger partial charge >= 0.3 is 0 Å². The quantitative estimate of drug-likeness (QED) is 0.948. The highest BCUT2D eigenvalue weighted by atomic mass is 79.9. The summed E-state index contributed by atoms with van der Waals surface area (Å²) in [7, 11) is 1.91. The summed E-state index contributed by atoms with van der Waals surface area (Å²) in [6.07, 6.45) is 0. The third-order valence-corrected chi connectivity index (χ3v) is 3.15. The number of nitrogens with one attached hydrogen (secondary N) is 1. The van der Waals surface area contributed by atoms with Crippen molar-refractivity contribution < 1.29 is 0 Å². The van der Waals surface area contributed by atoms with Crippen LogP contribution < -0.4 is 5.32 Å². The Balaban J connectivity index is 2.18. The van der Waals surface area contributed by atoms with Gasteiger partial charge in [-0.15, -0.1) is 0 Å². The zero-order valence-corrected chi connectivity index (χ0v) is 11.8. The maximum absolute atomic E-state index is 9.04. The van der Waals surface area contributed by atoms with Crippen molar-refractivity contribution in [1.29, 1.82) is 5.26 Å². The maximum Gasteiger partial charge on any atom is 0.101 e. The fourth-order valence-electron chi connectivity index (χ4n) is 1.78. The minimum atomic E-state index is 0.636. The van der Waals surface area contributed by atoms with Crippen molar-refractivity contribution in [2.75, 3.05) is 5.32 Å². The topological polar surface area (TPSA) is 53.6 Å². The molecule has 5 heteroatoms. The Kier molecular flexibility index (Phi) is 3.68. The van der Waals surface area contributed by atoms with Gasteiger partial charge in [-0.1, -0.05) is 15.9 Å². The van der Waals surface area contributed by atoms with Crippen molar-refractivity contribution in [3.05, 3.63) is 45.7 Å². The molecule has 2 aromatic rings. The van der Waals surface area contributed by atoms with Crippen LogP contribution in [0, 0.1) is 18.3 Å². The first-order valence-corrected chi connectivity index (χ1v) is 6.32. The Bertz CT molecular complexity index is 610. The molecule has 0 saturated carbocycles. The fourth-order valence-corrected chi connectivity index (χ4v) is 2.14. The Hall–Kier alpha value is -1.80. The van der Waals surface area contributed by atoms with E-state index in [9.17, 15) is 0 Å². The first-order valence-electron chi connectivity index (χ1n) is 5.53. The van der Waals surface area contributed by atoms with E-state index in [1.807, 2.05) is 36.9 Å². The number of nitrogens with zero attached hydrogens (tertiary/aromatic N) is 3. The van der Waals surface area contributed by atoms with E-state index in [1.165, 1.54) is 0 Å². The summed E-state index contributed by atoms with van der Waals surface area (Å²) in [6.45, 7) is 2.60. The van der Waals surface area contributed by atoms with Gasteiger partial charge in [-0.3, -0.25) is 4.68 Å². The highest BCUT2D eigenvalue weighted by Gasteiger charge is 2.05. The molecule has 0 radical (unpaired) electrons. The van der Waals surface area contributed by atoms with Crippen LogP contribution in [0.15, 0.2) is 28.7 Å². The van der Waals surface area contributed by atoms with Gasteiger partial charge in [-0.05, 0) is 31.2 Å². The smallest absolute Gasteiger partial charge is 0.101 e. The third-order valence-electron chi connectivity index (χ3n) is 2.66. The number of rotatable bonds is 3. The minimum Gasteiger partial charge on any atom is -0.378 e. The molecule has 0 aliphatic rings. The Labute approximate surface area is 114 Å². The molecule has 0 unspecified atom stereocenters. The standard InChI is InChI=1S/C13H13BrN4/c1-9-5-12(18(2)17-9)8-16-13-6-11(14)4-3-10(13)7-15/h3-6,16H,8H2,1-2H3. The van der Waals surface area contributed by atoms with Crippen molar-refractivity contribution in [1.82, 2.24) is 9.78 Å². The van der Waals surface area contributed by atoms with Crippen molar-refractivity contribution in [2.45, 2.75) is 13.5 Å². The zero-order chi connectivity index (χ0) is 13.1. The molecule has 0 aliphatic carbocycles.